The highest BCUT2D eigenvalue weighted by molar-refractivity contribution is 5.93. The van der Waals surface area contributed by atoms with Crippen LogP contribution in [-0.4, -0.2) is 49.1 Å². The van der Waals surface area contributed by atoms with Crippen LogP contribution in [0.4, 0.5) is 4.39 Å². The van der Waals surface area contributed by atoms with Crippen molar-refractivity contribution in [3.05, 3.63) is 59.2 Å². The Kier molecular flexibility index (Phi) is 5.91. The van der Waals surface area contributed by atoms with Gasteiger partial charge in [0.2, 0.25) is 0 Å². The maximum absolute atomic E-state index is 15.2. The van der Waals surface area contributed by atoms with E-state index in [-0.39, 0.29) is 28.5 Å². The van der Waals surface area contributed by atoms with E-state index in [0.717, 1.165) is 56.8 Å². The van der Waals surface area contributed by atoms with Gasteiger partial charge in [0.1, 0.15) is 11.5 Å². The highest BCUT2D eigenvalue weighted by Crippen LogP contribution is 2.47. The van der Waals surface area contributed by atoms with Gasteiger partial charge >= 0.3 is 5.97 Å². The van der Waals surface area contributed by atoms with Gasteiger partial charge in [0.05, 0.1) is 11.4 Å². The smallest absolute Gasteiger partial charge is 0.328 e. The first-order valence-electron chi connectivity index (χ1n) is 12.2. The van der Waals surface area contributed by atoms with Gasteiger partial charge in [0, 0.05) is 41.3 Å². The molecule has 0 unspecified atom stereocenters. The summed E-state index contributed by atoms with van der Waals surface area (Å²) >= 11 is 0. The minimum absolute atomic E-state index is 0.0675. The highest BCUT2D eigenvalue weighted by Gasteiger charge is 2.42. The van der Waals surface area contributed by atoms with Crippen molar-refractivity contribution < 1.29 is 19.1 Å². The number of nitrogens with zero attached hydrogens (tertiary/aromatic N) is 4. The van der Waals surface area contributed by atoms with Crippen LogP contribution in [0.1, 0.15) is 74.1 Å². The predicted octanol–water partition coefficient (Wildman–Crippen LogP) is 5.09. The first-order chi connectivity index (χ1) is 16.8. The average molecular weight is 477 g/mol. The zero-order chi connectivity index (χ0) is 24.7. The second-order valence-electron chi connectivity index (χ2n) is 9.96. The van der Waals surface area contributed by atoms with Crippen LogP contribution in [0.25, 0.3) is 23.0 Å². The molecular formula is C27H29FN4O3. The minimum Gasteiger partial charge on any atom is -0.478 e. The number of aromatic nitrogens is 3. The van der Waals surface area contributed by atoms with E-state index in [2.05, 4.69) is 23.9 Å². The highest BCUT2D eigenvalue weighted by atomic mass is 19.1. The SMILES string of the molecule is C[C@@H]1CCCCCN1C(=O)c1cc(C2(C)CC2)n2nc(-c3cccc(/C=C/C(=O)O)c3F)cc2n1. The van der Waals surface area contributed by atoms with E-state index < -0.39 is 11.8 Å². The fourth-order valence-corrected chi connectivity index (χ4v) is 4.85. The molecule has 0 spiro atoms. The fourth-order valence-electron chi connectivity index (χ4n) is 4.85. The lowest BCUT2D eigenvalue weighted by Gasteiger charge is -2.27. The Balaban J connectivity index is 1.59. The monoisotopic (exact) mass is 476 g/mol. The second kappa shape index (κ2) is 8.91. The van der Waals surface area contributed by atoms with Crippen molar-refractivity contribution in [3.63, 3.8) is 0 Å². The number of carboxylic acid groups (broad SMARTS) is 1. The molecule has 35 heavy (non-hydrogen) atoms. The molecule has 7 nitrogen and oxygen atoms in total. The number of benzene rings is 1. The molecule has 2 aromatic heterocycles. The molecule has 1 amide bonds. The van der Waals surface area contributed by atoms with Crippen molar-refractivity contribution >= 4 is 23.6 Å². The third-order valence-corrected chi connectivity index (χ3v) is 7.29. The second-order valence-corrected chi connectivity index (χ2v) is 9.96. The standard InChI is InChI=1S/C27H29FN4O3/c1-17-7-4-3-5-14-31(17)26(35)21-15-22(27(2)12-13-27)32-23(29-21)16-20(30-32)19-9-6-8-18(25(19)28)10-11-24(33)34/h6,8-11,15-17H,3-5,7,12-14H2,1-2H3,(H,33,34)/b11-10+/t17-/m1/s1. The van der Waals surface area contributed by atoms with Crippen LogP contribution < -0.4 is 0 Å². The summed E-state index contributed by atoms with van der Waals surface area (Å²) in [5.41, 5.74) is 2.51. The van der Waals surface area contributed by atoms with Gasteiger partial charge in [-0.3, -0.25) is 4.79 Å². The summed E-state index contributed by atoms with van der Waals surface area (Å²) in [6.45, 7) is 4.96. The van der Waals surface area contributed by atoms with Crippen LogP contribution in [0.3, 0.4) is 0 Å². The van der Waals surface area contributed by atoms with Crippen molar-refractivity contribution in [2.75, 3.05) is 6.54 Å². The lowest BCUT2D eigenvalue weighted by molar-refractivity contribution is -0.131. The molecule has 1 saturated carbocycles. The van der Waals surface area contributed by atoms with Crippen molar-refractivity contribution in [2.45, 2.75) is 63.8 Å². The maximum atomic E-state index is 15.2. The van der Waals surface area contributed by atoms with Gasteiger partial charge < -0.3 is 10.0 Å². The van der Waals surface area contributed by atoms with E-state index in [1.54, 1.807) is 22.7 Å². The summed E-state index contributed by atoms with van der Waals surface area (Å²) in [6.07, 6.45) is 8.33. The van der Waals surface area contributed by atoms with Crippen molar-refractivity contribution in [1.82, 2.24) is 19.5 Å². The first kappa shape index (κ1) is 23.2. The Morgan fingerprint density at radius 3 is 2.74 bits per heavy atom. The lowest BCUT2D eigenvalue weighted by atomic mass is 10.0. The Labute approximate surface area is 203 Å². The molecule has 5 rings (SSSR count). The number of hydrogen-bond acceptors (Lipinski definition) is 4. The molecule has 1 aliphatic carbocycles. The summed E-state index contributed by atoms with van der Waals surface area (Å²) in [5, 5.41) is 13.6. The number of carbonyl (C=O) groups excluding carboxylic acids is 1. The number of rotatable bonds is 5. The van der Waals surface area contributed by atoms with Crippen LogP contribution in [0.5, 0.6) is 0 Å². The molecule has 3 heterocycles. The van der Waals surface area contributed by atoms with Gasteiger partial charge in [-0.1, -0.05) is 31.9 Å². The molecule has 182 valence electrons. The Morgan fingerprint density at radius 1 is 1.20 bits per heavy atom. The maximum Gasteiger partial charge on any atom is 0.328 e. The molecular weight excluding hydrogens is 447 g/mol. The molecule has 1 aromatic carbocycles. The molecule has 0 radical (unpaired) electrons. The normalized spacial score (nSPS) is 19.7. The largest absolute Gasteiger partial charge is 0.478 e. The van der Waals surface area contributed by atoms with Gasteiger partial charge in [-0.15, -0.1) is 0 Å². The third kappa shape index (κ3) is 4.45. The zero-order valence-electron chi connectivity index (χ0n) is 20.0. The van der Waals surface area contributed by atoms with Gasteiger partial charge in [-0.2, -0.15) is 5.10 Å². The van der Waals surface area contributed by atoms with E-state index in [1.165, 1.54) is 12.1 Å². The Morgan fingerprint density at radius 2 is 2.00 bits per heavy atom. The molecule has 1 atom stereocenters. The lowest BCUT2D eigenvalue weighted by Crippen LogP contribution is -2.39. The number of likely N-dealkylation sites (tertiary alicyclic amines) is 1. The molecule has 3 aromatic rings. The van der Waals surface area contributed by atoms with Crippen LogP contribution >= 0.6 is 0 Å². The van der Waals surface area contributed by atoms with E-state index in [1.807, 2.05) is 11.0 Å². The Hall–Kier alpha value is -3.55. The van der Waals surface area contributed by atoms with Gasteiger partial charge in [0.25, 0.3) is 5.91 Å². The molecule has 0 bridgehead atoms. The van der Waals surface area contributed by atoms with Gasteiger partial charge in [-0.25, -0.2) is 18.7 Å². The summed E-state index contributed by atoms with van der Waals surface area (Å²) in [5.74, 6) is -1.77. The number of carboxylic acids is 1. The molecule has 8 heteroatoms. The van der Waals surface area contributed by atoms with Crippen LogP contribution in [0.2, 0.25) is 0 Å². The minimum atomic E-state index is -1.15. The summed E-state index contributed by atoms with van der Waals surface area (Å²) in [7, 11) is 0. The summed E-state index contributed by atoms with van der Waals surface area (Å²) < 4.78 is 17.0. The van der Waals surface area contributed by atoms with Gasteiger partial charge in [0.15, 0.2) is 5.65 Å². The number of halogens is 1. The number of amides is 1. The number of carbonyl (C=O) groups is 2. The summed E-state index contributed by atoms with van der Waals surface area (Å²) in [4.78, 5) is 31.0. The number of fused-ring (bicyclic) bond motifs is 1. The van der Waals surface area contributed by atoms with E-state index in [9.17, 15) is 9.59 Å². The van der Waals surface area contributed by atoms with Crippen molar-refractivity contribution in [1.29, 1.82) is 0 Å². The fraction of sp³-hybridized carbons (Fsp3) is 0.407. The molecule has 1 saturated heterocycles. The summed E-state index contributed by atoms with van der Waals surface area (Å²) in [6, 6.07) is 8.51. The molecule has 1 N–H and O–H groups in total. The number of aliphatic carboxylic acids is 1. The van der Waals surface area contributed by atoms with E-state index in [4.69, 9.17) is 5.11 Å². The van der Waals surface area contributed by atoms with E-state index >= 15 is 4.39 Å². The van der Waals surface area contributed by atoms with Crippen molar-refractivity contribution in [2.24, 2.45) is 0 Å². The topological polar surface area (TPSA) is 87.8 Å². The van der Waals surface area contributed by atoms with E-state index in [0.29, 0.717) is 17.0 Å². The molecule has 1 aliphatic heterocycles. The predicted molar refractivity (Wildman–Crippen MR) is 131 cm³/mol. The first-order valence-corrected chi connectivity index (χ1v) is 12.2. The zero-order valence-corrected chi connectivity index (χ0v) is 20.0. The molecule has 2 fully saturated rings. The molecule has 2 aliphatic rings. The quantitative estimate of drug-likeness (QED) is 0.519. The van der Waals surface area contributed by atoms with Crippen LogP contribution in [0, 0.1) is 5.82 Å². The number of hydrogen-bond donors (Lipinski definition) is 1. The average Bonchev–Trinajstić information content (AvgIpc) is 3.50. The van der Waals surface area contributed by atoms with Crippen LogP contribution in [-0.2, 0) is 10.2 Å². The van der Waals surface area contributed by atoms with Gasteiger partial charge in [-0.05, 0) is 50.8 Å². The third-order valence-electron chi connectivity index (χ3n) is 7.29. The Bertz CT molecular complexity index is 1340. The van der Waals surface area contributed by atoms with Crippen LogP contribution in [0.15, 0.2) is 36.4 Å². The van der Waals surface area contributed by atoms with Crippen molar-refractivity contribution in [3.8, 4) is 11.3 Å².